The molecule has 0 spiro atoms. The van der Waals surface area contributed by atoms with E-state index in [9.17, 15) is 10.1 Å². The van der Waals surface area contributed by atoms with E-state index in [1.54, 1.807) is 24.3 Å². The van der Waals surface area contributed by atoms with E-state index in [-0.39, 0.29) is 5.69 Å². The van der Waals surface area contributed by atoms with Gasteiger partial charge in [-0.2, -0.15) is 0 Å². The number of nitrogen functional groups attached to an aromatic ring is 1. The fraction of sp³-hybridized carbons (Fsp3) is 0.0769. The Morgan fingerprint density at radius 1 is 1.10 bits per heavy atom. The maximum atomic E-state index is 10.1. The summed E-state index contributed by atoms with van der Waals surface area (Å²) in [6, 6.07) is 11.2. The lowest BCUT2D eigenvalue weighted by atomic mass is 10.2. The molecular weight excluding hydrogens is 301 g/mol. The van der Waals surface area contributed by atoms with Gasteiger partial charge in [0.2, 0.25) is 0 Å². The lowest BCUT2D eigenvalue weighted by Gasteiger charge is -1.97. The van der Waals surface area contributed by atoms with Crippen molar-refractivity contribution in [1.29, 1.82) is 0 Å². The fourth-order valence-corrected chi connectivity index (χ4v) is 1.63. The van der Waals surface area contributed by atoms with Gasteiger partial charge in [0, 0.05) is 24.4 Å². The lowest BCUT2D eigenvalue weighted by molar-refractivity contribution is -0.384. The molecule has 0 radical (unpaired) electrons. The molecule has 0 aromatic heterocycles. The van der Waals surface area contributed by atoms with E-state index in [1.807, 2.05) is 6.07 Å². The van der Waals surface area contributed by atoms with Gasteiger partial charge in [-0.25, -0.2) is 0 Å². The summed E-state index contributed by atoms with van der Waals surface area (Å²) in [6.45, 7) is 0.497. The molecule has 5 nitrogen and oxygen atoms in total. The molecule has 106 valence electrons. The molecule has 2 rings (SSSR count). The second-order valence-corrected chi connectivity index (χ2v) is 4.62. The highest BCUT2D eigenvalue weighted by Crippen LogP contribution is 2.22. The molecule has 0 saturated carbocycles. The van der Waals surface area contributed by atoms with E-state index in [1.165, 1.54) is 12.1 Å². The minimum absolute atomic E-state index is 0.0278. The normalized spacial score (nSPS) is 9.55. The third kappa shape index (κ3) is 5.05. The van der Waals surface area contributed by atoms with Gasteiger partial charge >= 0.3 is 0 Å². The first-order chi connectivity index (χ1) is 9.43. The van der Waals surface area contributed by atoms with E-state index in [2.05, 4.69) is 0 Å². The SMILES string of the molecule is NCc1ccc(Cl)c(Cl)c1.Nc1cccc([N+](=O)[O-])c1. The van der Waals surface area contributed by atoms with E-state index < -0.39 is 4.92 Å². The second kappa shape index (κ2) is 7.69. The third-order valence-electron chi connectivity index (χ3n) is 2.30. The van der Waals surface area contributed by atoms with E-state index >= 15 is 0 Å². The molecule has 7 heteroatoms. The summed E-state index contributed by atoms with van der Waals surface area (Å²) in [5.74, 6) is 0. The Morgan fingerprint density at radius 2 is 1.80 bits per heavy atom. The number of hydrogen-bond donors (Lipinski definition) is 2. The molecule has 4 N–H and O–H groups in total. The van der Waals surface area contributed by atoms with Crippen LogP contribution in [0.2, 0.25) is 10.0 Å². The summed E-state index contributed by atoms with van der Waals surface area (Å²) in [5, 5.41) is 11.2. The highest BCUT2D eigenvalue weighted by atomic mass is 35.5. The number of nitrogens with zero attached hydrogens (tertiary/aromatic N) is 1. The Balaban J connectivity index is 0.000000200. The fourth-order valence-electron chi connectivity index (χ4n) is 1.30. The second-order valence-electron chi connectivity index (χ2n) is 3.80. The first-order valence-corrected chi connectivity index (χ1v) is 6.33. The minimum atomic E-state index is -0.476. The highest BCUT2D eigenvalue weighted by molar-refractivity contribution is 6.42. The number of nitro groups is 1. The van der Waals surface area contributed by atoms with Gasteiger partial charge in [-0.1, -0.05) is 35.3 Å². The van der Waals surface area contributed by atoms with Crippen molar-refractivity contribution in [3.63, 3.8) is 0 Å². The molecule has 2 aromatic rings. The van der Waals surface area contributed by atoms with Crippen LogP contribution >= 0.6 is 23.2 Å². The van der Waals surface area contributed by atoms with Gasteiger partial charge in [0.1, 0.15) is 0 Å². The molecule has 2 aromatic carbocycles. The average Bonchev–Trinajstić information content (AvgIpc) is 2.42. The predicted molar refractivity (Wildman–Crippen MR) is 81.9 cm³/mol. The van der Waals surface area contributed by atoms with Crippen LogP contribution in [0.1, 0.15) is 5.56 Å². The van der Waals surface area contributed by atoms with Crippen molar-refractivity contribution in [1.82, 2.24) is 0 Å². The maximum Gasteiger partial charge on any atom is 0.271 e. The molecule has 20 heavy (non-hydrogen) atoms. The molecule has 0 aliphatic carbocycles. The molecular formula is C13H13Cl2N3O2. The van der Waals surface area contributed by atoms with Crippen LogP contribution in [0.4, 0.5) is 11.4 Å². The van der Waals surface area contributed by atoms with Crippen LogP contribution in [-0.4, -0.2) is 4.92 Å². The molecule has 0 atom stereocenters. The molecule has 0 saturated heterocycles. The lowest BCUT2D eigenvalue weighted by Crippen LogP contribution is -1.95. The Labute approximate surface area is 126 Å². The molecule has 0 heterocycles. The number of nitro benzene ring substituents is 1. The number of non-ortho nitro benzene ring substituents is 1. The number of anilines is 1. The number of benzene rings is 2. The summed E-state index contributed by atoms with van der Waals surface area (Å²) >= 11 is 11.4. The first kappa shape index (κ1) is 16.2. The van der Waals surface area contributed by atoms with Crippen LogP contribution in [-0.2, 0) is 6.54 Å². The zero-order valence-electron chi connectivity index (χ0n) is 10.4. The summed E-state index contributed by atoms with van der Waals surface area (Å²) < 4.78 is 0. The Hall–Kier alpha value is -1.82. The smallest absolute Gasteiger partial charge is 0.271 e. The molecule has 0 bridgehead atoms. The van der Waals surface area contributed by atoms with Gasteiger partial charge in [0.05, 0.1) is 15.0 Å². The van der Waals surface area contributed by atoms with Gasteiger partial charge in [-0.05, 0) is 23.8 Å². The Kier molecular flexibility index (Phi) is 6.24. The van der Waals surface area contributed by atoms with Crippen molar-refractivity contribution in [3.05, 3.63) is 68.2 Å². The van der Waals surface area contributed by atoms with Crippen LogP contribution in [0.5, 0.6) is 0 Å². The Bertz CT molecular complexity index is 606. The van der Waals surface area contributed by atoms with Gasteiger partial charge in [0.15, 0.2) is 0 Å². The van der Waals surface area contributed by atoms with Crippen LogP contribution in [0.25, 0.3) is 0 Å². The van der Waals surface area contributed by atoms with Crippen molar-refractivity contribution in [2.45, 2.75) is 6.54 Å². The van der Waals surface area contributed by atoms with Gasteiger partial charge in [0.25, 0.3) is 5.69 Å². The largest absolute Gasteiger partial charge is 0.399 e. The molecule has 0 amide bonds. The number of halogens is 2. The van der Waals surface area contributed by atoms with Gasteiger partial charge in [-0.15, -0.1) is 0 Å². The summed E-state index contributed by atoms with van der Waals surface area (Å²) in [4.78, 5) is 9.63. The van der Waals surface area contributed by atoms with Crippen molar-refractivity contribution in [2.24, 2.45) is 5.73 Å². The zero-order chi connectivity index (χ0) is 15.1. The molecule has 0 aliphatic heterocycles. The minimum Gasteiger partial charge on any atom is -0.399 e. The molecule has 0 aliphatic rings. The van der Waals surface area contributed by atoms with E-state index in [0.29, 0.717) is 22.3 Å². The maximum absolute atomic E-state index is 10.1. The monoisotopic (exact) mass is 313 g/mol. The standard InChI is InChI=1S/C7H7Cl2N.C6H6N2O2/c8-6-2-1-5(4-10)3-7(6)9;7-5-2-1-3-6(4-5)8(9)10/h1-3H,4,10H2;1-4H,7H2. The van der Waals surface area contributed by atoms with Crippen LogP contribution in [0.3, 0.4) is 0 Å². The molecule has 0 fully saturated rings. The zero-order valence-corrected chi connectivity index (χ0v) is 11.9. The van der Waals surface area contributed by atoms with Crippen LogP contribution in [0, 0.1) is 10.1 Å². The van der Waals surface area contributed by atoms with Crippen LogP contribution < -0.4 is 11.5 Å². The Morgan fingerprint density at radius 3 is 2.25 bits per heavy atom. The quantitative estimate of drug-likeness (QED) is 0.502. The van der Waals surface area contributed by atoms with Gasteiger partial charge in [-0.3, -0.25) is 10.1 Å². The molecule has 0 unspecified atom stereocenters. The highest BCUT2D eigenvalue weighted by Gasteiger charge is 2.02. The number of hydrogen-bond acceptors (Lipinski definition) is 4. The third-order valence-corrected chi connectivity index (χ3v) is 3.04. The van der Waals surface area contributed by atoms with Crippen molar-refractivity contribution in [3.8, 4) is 0 Å². The summed E-state index contributed by atoms with van der Waals surface area (Å²) in [7, 11) is 0. The average molecular weight is 314 g/mol. The van der Waals surface area contributed by atoms with Crippen LogP contribution in [0.15, 0.2) is 42.5 Å². The van der Waals surface area contributed by atoms with Crippen molar-refractivity contribution >= 4 is 34.6 Å². The van der Waals surface area contributed by atoms with Gasteiger partial charge < -0.3 is 11.5 Å². The topological polar surface area (TPSA) is 95.2 Å². The summed E-state index contributed by atoms with van der Waals surface area (Å²) in [6.07, 6.45) is 0. The number of nitrogens with two attached hydrogens (primary N) is 2. The van der Waals surface area contributed by atoms with Crippen molar-refractivity contribution < 1.29 is 4.92 Å². The predicted octanol–water partition coefficient (Wildman–Crippen LogP) is 3.63. The van der Waals surface area contributed by atoms with Crippen molar-refractivity contribution in [2.75, 3.05) is 5.73 Å². The first-order valence-electron chi connectivity index (χ1n) is 5.58. The van der Waals surface area contributed by atoms with E-state index in [0.717, 1.165) is 5.56 Å². The number of rotatable bonds is 2. The summed E-state index contributed by atoms with van der Waals surface area (Å²) in [5.41, 5.74) is 12.1. The van der Waals surface area contributed by atoms with E-state index in [4.69, 9.17) is 34.7 Å².